The van der Waals surface area contributed by atoms with Gasteiger partial charge in [0.15, 0.2) is 6.10 Å². The van der Waals surface area contributed by atoms with Gasteiger partial charge in [0, 0.05) is 23.1 Å². The van der Waals surface area contributed by atoms with E-state index < -0.39 is 18.1 Å². The predicted octanol–water partition coefficient (Wildman–Crippen LogP) is 2.06. The minimum Gasteiger partial charge on any atom is -0.479 e. The number of carboxylic acid groups (broad SMARTS) is 1. The molecule has 0 spiro atoms. The zero-order chi connectivity index (χ0) is 14.4. The molecule has 1 aromatic carbocycles. The Labute approximate surface area is 122 Å². The molecule has 1 aromatic rings. The van der Waals surface area contributed by atoms with Gasteiger partial charge in [-0.1, -0.05) is 11.6 Å². The molecule has 104 valence electrons. The van der Waals surface area contributed by atoms with Gasteiger partial charge in [-0.05, 0) is 34.1 Å². The van der Waals surface area contributed by atoms with Crippen molar-refractivity contribution >= 4 is 45.2 Å². The van der Waals surface area contributed by atoms with Gasteiger partial charge >= 0.3 is 12.0 Å². The molecule has 0 aromatic heterocycles. The Morgan fingerprint density at radius 3 is 2.68 bits per heavy atom. The Bertz CT molecular complexity index is 484. The number of urea groups is 1. The summed E-state index contributed by atoms with van der Waals surface area (Å²) in [7, 11) is 0. The highest BCUT2D eigenvalue weighted by Crippen LogP contribution is 2.25. The van der Waals surface area contributed by atoms with Crippen molar-refractivity contribution in [3.05, 3.63) is 27.7 Å². The molecule has 1 rings (SSSR count). The number of aliphatic carboxylic acids is 1. The van der Waals surface area contributed by atoms with Crippen molar-refractivity contribution in [1.82, 2.24) is 5.32 Å². The van der Waals surface area contributed by atoms with Crippen molar-refractivity contribution in [1.29, 1.82) is 0 Å². The van der Waals surface area contributed by atoms with Gasteiger partial charge in [-0.2, -0.15) is 0 Å². The van der Waals surface area contributed by atoms with Crippen molar-refractivity contribution < 1.29 is 19.8 Å². The number of halogens is 2. The minimum atomic E-state index is -1.48. The van der Waals surface area contributed by atoms with Crippen LogP contribution in [0.3, 0.4) is 0 Å². The number of carbonyl (C=O) groups is 2. The smallest absolute Gasteiger partial charge is 0.332 e. The third-order valence-corrected chi connectivity index (χ3v) is 3.38. The van der Waals surface area contributed by atoms with Gasteiger partial charge < -0.3 is 20.8 Å². The second kappa shape index (κ2) is 7.32. The summed E-state index contributed by atoms with van der Waals surface area (Å²) in [5.74, 6) is -1.32. The monoisotopic (exact) mass is 350 g/mol. The number of hydrogen-bond donors (Lipinski definition) is 4. The molecule has 0 aliphatic heterocycles. The molecule has 0 saturated carbocycles. The van der Waals surface area contributed by atoms with Crippen LogP contribution < -0.4 is 10.6 Å². The molecule has 0 fully saturated rings. The van der Waals surface area contributed by atoms with E-state index in [4.69, 9.17) is 21.8 Å². The van der Waals surface area contributed by atoms with E-state index in [2.05, 4.69) is 26.6 Å². The Morgan fingerprint density at radius 2 is 2.11 bits per heavy atom. The van der Waals surface area contributed by atoms with Crippen LogP contribution in [0.1, 0.15) is 6.42 Å². The number of aliphatic hydroxyl groups excluding tert-OH is 1. The van der Waals surface area contributed by atoms with Crippen LogP contribution >= 0.6 is 27.5 Å². The number of benzene rings is 1. The summed E-state index contributed by atoms with van der Waals surface area (Å²) in [5.41, 5.74) is 0.535. The summed E-state index contributed by atoms with van der Waals surface area (Å²) in [5, 5.41) is 22.9. The summed E-state index contributed by atoms with van der Waals surface area (Å²) >= 11 is 9.03. The average Bonchev–Trinajstić information content (AvgIpc) is 2.33. The van der Waals surface area contributed by atoms with Gasteiger partial charge in [-0.15, -0.1) is 0 Å². The molecule has 6 nitrogen and oxygen atoms in total. The topological polar surface area (TPSA) is 98.7 Å². The maximum Gasteiger partial charge on any atom is 0.332 e. The fraction of sp³-hybridized carbons (Fsp3) is 0.273. The van der Waals surface area contributed by atoms with E-state index in [0.717, 1.165) is 0 Å². The highest BCUT2D eigenvalue weighted by atomic mass is 79.9. The third-order valence-electron chi connectivity index (χ3n) is 2.17. The predicted molar refractivity (Wildman–Crippen MR) is 74.4 cm³/mol. The molecule has 0 saturated heterocycles. The maximum absolute atomic E-state index is 11.5. The van der Waals surface area contributed by atoms with Crippen LogP contribution in [0.25, 0.3) is 0 Å². The van der Waals surface area contributed by atoms with Gasteiger partial charge in [-0.25, -0.2) is 9.59 Å². The molecule has 8 heteroatoms. The molecule has 2 amide bonds. The lowest BCUT2D eigenvalue weighted by molar-refractivity contribution is -0.146. The lowest BCUT2D eigenvalue weighted by Gasteiger charge is -2.09. The zero-order valence-electron chi connectivity index (χ0n) is 9.69. The van der Waals surface area contributed by atoms with E-state index in [-0.39, 0.29) is 13.0 Å². The quantitative estimate of drug-likeness (QED) is 0.652. The van der Waals surface area contributed by atoms with Crippen LogP contribution in [0.5, 0.6) is 0 Å². The van der Waals surface area contributed by atoms with Crippen molar-refractivity contribution in [3.8, 4) is 0 Å². The summed E-state index contributed by atoms with van der Waals surface area (Å²) in [4.78, 5) is 21.8. The van der Waals surface area contributed by atoms with E-state index in [0.29, 0.717) is 15.2 Å². The Kier molecular flexibility index (Phi) is 6.07. The fourth-order valence-corrected chi connectivity index (χ4v) is 1.69. The summed E-state index contributed by atoms with van der Waals surface area (Å²) < 4.78 is 0.647. The molecule has 0 aliphatic rings. The number of carbonyl (C=O) groups excluding carboxylic acids is 1. The van der Waals surface area contributed by atoms with Gasteiger partial charge in [0.2, 0.25) is 0 Å². The molecule has 4 N–H and O–H groups in total. The lowest BCUT2D eigenvalue weighted by Crippen LogP contribution is -2.33. The number of hydrogen-bond acceptors (Lipinski definition) is 3. The third kappa shape index (κ3) is 5.46. The minimum absolute atomic E-state index is 0.0497. The molecular formula is C11H12BrClN2O4. The Hall–Kier alpha value is -1.31. The first-order chi connectivity index (χ1) is 8.90. The van der Waals surface area contributed by atoms with Crippen molar-refractivity contribution in [2.24, 2.45) is 0 Å². The SMILES string of the molecule is O=C(NCC[C@H](O)C(=O)O)Nc1ccc(Cl)c(Br)c1. The van der Waals surface area contributed by atoms with Crippen LogP contribution in [0.2, 0.25) is 5.02 Å². The van der Waals surface area contributed by atoms with E-state index in [1.807, 2.05) is 0 Å². The van der Waals surface area contributed by atoms with Crippen LogP contribution in [-0.4, -0.2) is 34.9 Å². The number of nitrogens with one attached hydrogen (secondary N) is 2. The van der Waals surface area contributed by atoms with E-state index in [1.54, 1.807) is 18.2 Å². The van der Waals surface area contributed by atoms with Crippen LogP contribution in [0.4, 0.5) is 10.5 Å². The Morgan fingerprint density at radius 1 is 1.42 bits per heavy atom. The van der Waals surface area contributed by atoms with Crippen molar-refractivity contribution in [2.45, 2.75) is 12.5 Å². The Balaban J connectivity index is 2.39. The first-order valence-electron chi connectivity index (χ1n) is 5.31. The lowest BCUT2D eigenvalue weighted by atomic mass is 10.2. The van der Waals surface area contributed by atoms with Gasteiger partial charge in [-0.3, -0.25) is 0 Å². The fourth-order valence-electron chi connectivity index (χ4n) is 1.20. The standard InChI is InChI=1S/C11H12BrClN2O4/c12-7-5-6(1-2-8(7)13)15-11(19)14-4-3-9(16)10(17)18/h1-2,5,9,16H,3-4H2,(H,17,18)(H2,14,15,19)/t9-/m0/s1. The number of anilines is 1. The van der Waals surface area contributed by atoms with E-state index in [1.165, 1.54) is 0 Å². The second-order valence-corrected chi connectivity index (χ2v) is 4.91. The molecular weight excluding hydrogens is 339 g/mol. The largest absolute Gasteiger partial charge is 0.479 e. The van der Waals surface area contributed by atoms with Crippen molar-refractivity contribution in [3.63, 3.8) is 0 Å². The molecule has 0 radical (unpaired) electrons. The molecule has 0 unspecified atom stereocenters. The molecule has 1 atom stereocenters. The van der Waals surface area contributed by atoms with E-state index >= 15 is 0 Å². The number of carboxylic acids is 1. The van der Waals surface area contributed by atoms with Crippen molar-refractivity contribution in [2.75, 3.05) is 11.9 Å². The highest BCUT2D eigenvalue weighted by molar-refractivity contribution is 9.10. The normalized spacial score (nSPS) is 11.7. The first-order valence-corrected chi connectivity index (χ1v) is 6.48. The highest BCUT2D eigenvalue weighted by Gasteiger charge is 2.12. The molecule has 0 aliphatic carbocycles. The number of rotatable bonds is 5. The van der Waals surface area contributed by atoms with Crippen LogP contribution in [0.15, 0.2) is 22.7 Å². The molecule has 19 heavy (non-hydrogen) atoms. The number of amides is 2. The maximum atomic E-state index is 11.5. The summed E-state index contributed by atoms with van der Waals surface area (Å²) in [6, 6.07) is 4.38. The summed E-state index contributed by atoms with van der Waals surface area (Å²) in [6.07, 6.45) is -1.54. The second-order valence-electron chi connectivity index (χ2n) is 3.65. The van der Waals surface area contributed by atoms with Gasteiger partial charge in [0.25, 0.3) is 0 Å². The molecule has 0 bridgehead atoms. The van der Waals surface area contributed by atoms with Gasteiger partial charge in [0.1, 0.15) is 0 Å². The van der Waals surface area contributed by atoms with Crippen LogP contribution in [0, 0.1) is 0 Å². The van der Waals surface area contributed by atoms with Crippen LogP contribution in [-0.2, 0) is 4.79 Å². The first kappa shape index (κ1) is 15.7. The summed E-state index contributed by atoms with van der Waals surface area (Å²) in [6.45, 7) is 0.0497. The van der Waals surface area contributed by atoms with Gasteiger partial charge in [0.05, 0.1) is 5.02 Å². The number of aliphatic hydroxyl groups is 1. The molecule has 0 heterocycles. The zero-order valence-corrected chi connectivity index (χ0v) is 12.0. The van der Waals surface area contributed by atoms with E-state index in [9.17, 15) is 9.59 Å². The average molecular weight is 352 g/mol.